The summed E-state index contributed by atoms with van der Waals surface area (Å²) in [5, 5.41) is 6.72. The van der Waals surface area contributed by atoms with Crippen LogP contribution < -0.4 is 0 Å². The summed E-state index contributed by atoms with van der Waals surface area (Å²) in [4.78, 5) is 6.52. The smallest absolute Gasteiger partial charge is 0.337 e. The molecule has 0 aliphatic carbocycles. The molecule has 0 saturated heterocycles. The fourth-order valence-corrected chi connectivity index (χ4v) is 1.99. The Morgan fingerprint density at radius 2 is 2.00 bits per heavy atom. The number of aromatic amines is 2. The first-order valence-corrected chi connectivity index (χ1v) is 5.32. The maximum Gasteiger partial charge on any atom is 0.418 e. The lowest BCUT2D eigenvalue weighted by Gasteiger charge is -2.06. The zero-order valence-corrected chi connectivity index (χ0v) is 9.49. The van der Waals surface area contributed by atoms with E-state index in [4.69, 9.17) is 12.2 Å². The predicted molar refractivity (Wildman–Crippen MR) is 61.6 cm³/mol. The number of H-pyrrole nitrogens is 2. The number of hydrogen-bond donors (Lipinski definition) is 2. The molecule has 2 heterocycles. The van der Waals surface area contributed by atoms with E-state index in [1.54, 1.807) is 6.07 Å². The molecule has 1 aromatic carbocycles. The van der Waals surface area contributed by atoms with Crippen LogP contribution in [0, 0.1) is 4.77 Å². The molecule has 0 saturated carbocycles. The van der Waals surface area contributed by atoms with Gasteiger partial charge in [0.25, 0.3) is 0 Å². The Morgan fingerprint density at radius 1 is 1.22 bits per heavy atom. The molecule has 0 spiro atoms. The van der Waals surface area contributed by atoms with Crippen molar-refractivity contribution in [2.75, 3.05) is 0 Å². The summed E-state index contributed by atoms with van der Waals surface area (Å²) in [5.41, 5.74) is -0.199. The van der Waals surface area contributed by atoms with E-state index in [0.29, 0.717) is 10.9 Å². The van der Waals surface area contributed by atoms with Crippen LogP contribution in [0.2, 0.25) is 0 Å². The zero-order chi connectivity index (χ0) is 12.9. The highest BCUT2D eigenvalue weighted by molar-refractivity contribution is 7.71. The number of nitrogens with zero attached hydrogens (tertiary/aromatic N) is 2. The summed E-state index contributed by atoms with van der Waals surface area (Å²) in [7, 11) is 0. The van der Waals surface area contributed by atoms with Gasteiger partial charge in [-0.3, -0.25) is 5.10 Å². The Bertz CT molecular complexity index is 802. The normalized spacial score (nSPS) is 12.4. The average molecular weight is 270 g/mol. The van der Waals surface area contributed by atoms with Crippen molar-refractivity contribution in [2.24, 2.45) is 0 Å². The number of aromatic nitrogens is 4. The van der Waals surface area contributed by atoms with Crippen LogP contribution in [0.4, 0.5) is 13.2 Å². The van der Waals surface area contributed by atoms with Crippen molar-refractivity contribution in [2.45, 2.75) is 6.18 Å². The molecule has 0 bridgehead atoms. The number of fused-ring (bicyclic) bond motifs is 3. The predicted octanol–water partition coefficient (Wildman–Crippen LogP) is 3.19. The second-order valence-corrected chi connectivity index (χ2v) is 4.08. The van der Waals surface area contributed by atoms with Gasteiger partial charge >= 0.3 is 6.18 Å². The summed E-state index contributed by atoms with van der Waals surface area (Å²) in [6.07, 6.45) is -4.43. The number of alkyl halides is 3. The Labute approximate surface area is 103 Å². The van der Waals surface area contributed by atoms with Crippen LogP contribution in [0.25, 0.3) is 22.1 Å². The molecule has 8 heteroatoms. The fraction of sp³-hybridized carbons (Fsp3) is 0.100. The zero-order valence-electron chi connectivity index (χ0n) is 8.67. The Hall–Kier alpha value is -1.96. The van der Waals surface area contributed by atoms with Gasteiger partial charge in [-0.05, 0) is 18.3 Å². The van der Waals surface area contributed by atoms with Gasteiger partial charge in [-0.2, -0.15) is 23.3 Å². The molecular weight excluding hydrogens is 265 g/mol. The van der Waals surface area contributed by atoms with Gasteiger partial charge < -0.3 is 4.98 Å². The van der Waals surface area contributed by atoms with Gasteiger partial charge in [-0.1, -0.05) is 12.1 Å². The summed E-state index contributed by atoms with van der Waals surface area (Å²) >= 11 is 4.78. The first kappa shape index (κ1) is 11.1. The molecule has 0 unspecified atom stereocenters. The first-order chi connectivity index (χ1) is 8.47. The third-order valence-electron chi connectivity index (χ3n) is 2.57. The Kier molecular flexibility index (Phi) is 2.18. The molecule has 0 aliphatic heterocycles. The van der Waals surface area contributed by atoms with E-state index in [2.05, 4.69) is 20.2 Å². The third kappa shape index (κ3) is 1.57. The fourth-order valence-electron chi connectivity index (χ4n) is 1.85. The number of hydrogen-bond acceptors (Lipinski definition) is 3. The molecular formula is C10H5F3N4S. The molecule has 0 aliphatic rings. The summed E-state index contributed by atoms with van der Waals surface area (Å²) in [6.45, 7) is 0. The van der Waals surface area contributed by atoms with Crippen molar-refractivity contribution in [3.63, 3.8) is 0 Å². The maximum atomic E-state index is 12.8. The van der Waals surface area contributed by atoms with Crippen LogP contribution in [0.5, 0.6) is 0 Å². The number of nitrogens with one attached hydrogen (secondary N) is 2. The number of benzene rings is 1. The SMILES string of the molecule is FC(F)(F)c1cccc2c1[nH]c1nc(=S)[nH]nc12. The van der Waals surface area contributed by atoms with Crippen LogP contribution in [0.3, 0.4) is 0 Å². The molecule has 2 aromatic heterocycles. The topological polar surface area (TPSA) is 57.4 Å². The molecule has 92 valence electrons. The van der Waals surface area contributed by atoms with Crippen molar-refractivity contribution >= 4 is 34.3 Å². The maximum absolute atomic E-state index is 12.8. The third-order valence-corrected chi connectivity index (χ3v) is 2.75. The molecule has 0 atom stereocenters. The van der Waals surface area contributed by atoms with Gasteiger partial charge in [0.1, 0.15) is 5.52 Å². The monoisotopic (exact) mass is 270 g/mol. The van der Waals surface area contributed by atoms with Crippen molar-refractivity contribution in [3.05, 3.63) is 28.5 Å². The molecule has 0 fully saturated rings. The minimum atomic E-state index is -4.43. The first-order valence-electron chi connectivity index (χ1n) is 4.91. The van der Waals surface area contributed by atoms with E-state index >= 15 is 0 Å². The van der Waals surface area contributed by atoms with Gasteiger partial charge in [0.15, 0.2) is 5.65 Å². The van der Waals surface area contributed by atoms with Crippen molar-refractivity contribution in [1.29, 1.82) is 0 Å². The van der Waals surface area contributed by atoms with Crippen molar-refractivity contribution < 1.29 is 13.2 Å². The molecule has 3 rings (SSSR count). The largest absolute Gasteiger partial charge is 0.418 e. The molecule has 0 radical (unpaired) electrons. The minimum Gasteiger partial charge on any atom is -0.337 e. The van der Waals surface area contributed by atoms with Gasteiger partial charge in [-0.15, -0.1) is 0 Å². The van der Waals surface area contributed by atoms with Crippen LogP contribution in [-0.4, -0.2) is 20.2 Å². The van der Waals surface area contributed by atoms with E-state index in [0.717, 1.165) is 6.07 Å². The highest BCUT2D eigenvalue weighted by atomic mass is 32.1. The lowest BCUT2D eigenvalue weighted by Crippen LogP contribution is -2.05. The van der Waals surface area contributed by atoms with Crippen LogP contribution >= 0.6 is 12.2 Å². The van der Waals surface area contributed by atoms with E-state index in [1.165, 1.54) is 6.07 Å². The molecule has 0 amide bonds. The molecule has 18 heavy (non-hydrogen) atoms. The van der Waals surface area contributed by atoms with Gasteiger partial charge in [-0.25, -0.2) is 0 Å². The molecule has 2 N–H and O–H groups in total. The van der Waals surface area contributed by atoms with E-state index in [-0.39, 0.29) is 15.9 Å². The summed E-state index contributed by atoms with van der Waals surface area (Å²) in [5.74, 6) is 0. The lowest BCUT2D eigenvalue weighted by atomic mass is 10.1. The number of para-hydroxylation sites is 1. The quantitative estimate of drug-likeness (QED) is 0.617. The van der Waals surface area contributed by atoms with Crippen LogP contribution in [-0.2, 0) is 6.18 Å². The minimum absolute atomic E-state index is 0.0333. The number of halogens is 3. The van der Waals surface area contributed by atoms with E-state index < -0.39 is 11.7 Å². The van der Waals surface area contributed by atoms with Gasteiger partial charge in [0.2, 0.25) is 4.77 Å². The van der Waals surface area contributed by atoms with Gasteiger partial charge in [0.05, 0.1) is 11.1 Å². The Morgan fingerprint density at radius 3 is 2.72 bits per heavy atom. The van der Waals surface area contributed by atoms with Crippen molar-refractivity contribution in [1.82, 2.24) is 20.2 Å². The number of rotatable bonds is 0. The van der Waals surface area contributed by atoms with Gasteiger partial charge in [0, 0.05) is 5.39 Å². The standard InChI is InChI=1S/C10H5F3N4S/c11-10(12,13)5-3-1-2-4-6(5)14-8-7(4)16-17-9(18)15-8/h1-3H,(H2,14,15,17,18). The summed E-state index contributed by atoms with van der Waals surface area (Å²) in [6, 6.07) is 3.90. The van der Waals surface area contributed by atoms with Crippen LogP contribution in [0.1, 0.15) is 5.56 Å². The lowest BCUT2D eigenvalue weighted by molar-refractivity contribution is -0.136. The highest BCUT2D eigenvalue weighted by Crippen LogP contribution is 2.35. The summed E-state index contributed by atoms with van der Waals surface area (Å²) < 4.78 is 38.6. The van der Waals surface area contributed by atoms with Crippen LogP contribution in [0.15, 0.2) is 18.2 Å². The molecule has 3 aromatic rings. The van der Waals surface area contributed by atoms with E-state index in [9.17, 15) is 13.2 Å². The second-order valence-electron chi connectivity index (χ2n) is 3.69. The average Bonchev–Trinajstić information content (AvgIpc) is 2.64. The highest BCUT2D eigenvalue weighted by Gasteiger charge is 2.33. The van der Waals surface area contributed by atoms with E-state index in [1.807, 2.05) is 0 Å². The second kappa shape index (κ2) is 3.52. The Balaban J connectivity index is 2.50. The molecule has 4 nitrogen and oxygen atoms in total. The van der Waals surface area contributed by atoms with Crippen molar-refractivity contribution in [3.8, 4) is 0 Å².